The van der Waals surface area contributed by atoms with Gasteiger partial charge in [-0.25, -0.2) is 4.98 Å². The molecule has 5 nitrogen and oxygen atoms in total. The average Bonchev–Trinajstić information content (AvgIpc) is 3.01. The maximum Gasteiger partial charge on any atom is 0.142 e. The summed E-state index contributed by atoms with van der Waals surface area (Å²) in [6.45, 7) is 0. The maximum atomic E-state index is 9.67. The molecule has 4 aromatic rings. The summed E-state index contributed by atoms with van der Waals surface area (Å²) >= 11 is 0. The quantitative estimate of drug-likeness (QED) is 0.553. The van der Waals surface area contributed by atoms with E-state index in [1.165, 1.54) is 0 Å². The van der Waals surface area contributed by atoms with Crippen LogP contribution in [0.4, 0.5) is 5.69 Å². The normalized spacial score (nSPS) is 10.7. The third-order valence-corrected chi connectivity index (χ3v) is 4.80. The molecule has 0 unspecified atom stereocenters. The summed E-state index contributed by atoms with van der Waals surface area (Å²) in [6, 6.07) is 16.4. The van der Waals surface area contributed by atoms with Gasteiger partial charge in [-0.05, 0) is 29.8 Å². The Balaban J connectivity index is 2.08. The first-order chi connectivity index (χ1) is 13.1. The van der Waals surface area contributed by atoms with Crippen LogP contribution in [0.2, 0.25) is 0 Å². The second-order valence-electron chi connectivity index (χ2n) is 6.63. The minimum atomic E-state index is 0.616. The van der Waals surface area contributed by atoms with Crippen LogP contribution in [0.15, 0.2) is 61.1 Å². The molecular weight excluding hydrogens is 334 g/mol. The number of benzene rings is 1. The predicted octanol–water partition coefficient (Wildman–Crippen LogP) is 4.24. The van der Waals surface area contributed by atoms with E-state index in [0.29, 0.717) is 5.56 Å². The van der Waals surface area contributed by atoms with Gasteiger partial charge in [-0.15, -0.1) is 0 Å². The van der Waals surface area contributed by atoms with Crippen LogP contribution in [-0.4, -0.2) is 28.6 Å². The van der Waals surface area contributed by atoms with E-state index >= 15 is 0 Å². The highest BCUT2D eigenvalue weighted by molar-refractivity contribution is 6.05. The summed E-state index contributed by atoms with van der Waals surface area (Å²) in [5, 5.41) is 10.5. The van der Waals surface area contributed by atoms with Crippen LogP contribution in [0.5, 0.6) is 0 Å². The van der Waals surface area contributed by atoms with E-state index in [-0.39, 0.29) is 0 Å². The average molecular weight is 353 g/mol. The lowest BCUT2D eigenvalue weighted by atomic mass is 9.98. The van der Waals surface area contributed by atoms with Crippen LogP contribution in [0.1, 0.15) is 5.56 Å². The fraction of sp³-hybridized carbons (Fsp3) is 0.136. The molecule has 27 heavy (non-hydrogen) atoms. The van der Waals surface area contributed by atoms with E-state index in [1.54, 1.807) is 18.5 Å². The van der Waals surface area contributed by atoms with Crippen molar-refractivity contribution in [1.82, 2.24) is 14.5 Å². The lowest BCUT2D eigenvalue weighted by Crippen LogP contribution is -2.08. The van der Waals surface area contributed by atoms with Gasteiger partial charge in [0.2, 0.25) is 0 Å². The Hall–Kier alpha value is -3.65. The zero-order valence-corrected chi connectivity index (χ0v) is 15.5. The molecule has 0 radical (unpaired) electrons. The van der Waals surface area contributed by atoms with Crippen LogP contribution in [0, 0.1) is 11.3 Å². The monoisotopic (exact) mass is 353 g/mol. The number of anilines is 1. The molecule has 5 heteroatoms. The molecule has 0 atom stereocenters. The standard InChI is InChI=1S/C22H19N5/c1-26(2)18-8-6-15(7-9-18)21-19(17-5-4-11-24-14-17)20-16(13-23)10-12-25-22(20)27(21)3/h4-12,14H,1-3H3. The second-order valence-corrected chi connectivity index (χ2v) is 6.63. The van der Waals surface area contributed by atoms with E-state index < -0.39 is 0 Å². The van der Waals surface area contributed by atoms with Gasteiger partial charge in [-0.3, -0.25) is 4.98 Å². The number of rotatable bonds is 3. The van der Waals surface area contributed by atoms with Crippen molar-refractivity contribution in [2.45, 2.75) is 0 Å². The number of nitriles is 1. The Kier molecular flexibility index (Phi) is 4.09. The topological polar surface area (TPSA) is 57.7 Å². The van der Waals surface area contributed by atoms with Crippen LogP contribution in [0.25, 0.3) is 33.4 Å². The van der Waals surface area contributed by atoms with Crippen molar-refractivity contribution in [2.24, 2.45) is 7.05 Å². The molecule has 1 aromatic carbocycles. The molecular formula is C22H19N5. The Morgan fingerprint density at radius 2 is 1.78 bits per heavy atom. The third-order valence-electron chi connectivity index (χ3n) is 4.80. The van der Waals surface area contributed by atoms with Crippen LogP contribution in [0.3, 0.4) is 0 Å². The van der Waals surface area contributed by atoms with Gasteiger partial charge in [0.25, 0.3) is 0 Å². The van der Waals surface area contributed by atoms with Crippen molar-refractivity contribution >= 4 is 16.7 Å². The van der Waals surface area contributed by atoms with Gasteiger partial charge in [0.05, 0.1) is 17.3 Å². The number of hydrogen-bond donors (Lipinski definition) is 0. The predicted molar refractivity (Wildman–Crippen MR) is 108 cm³/mol. The van der Waals surface area contributed by atoms with E-state index in [4.69, 9.17) is 0 Å². The second kappa shape index (κ2) is 6.58. The smallest absolute Gasteiger partial charge is 0.142 e. The number of aryl methyl sites for hydroxylation is 1. The van der Waals surface area contributed by atoms with Gasteiger partial charge in [0.15, 0.2) is 0 Å². The van der Waals surface area contributed by atoms with E-state index in [2.05, 4.69) is 49.8 Å². The first-order valence-electron chi connectivity index (χ1n) is 8.67. The highest BCUT2D eigenvalue weighted by Gasteiger charge is 2.21. The molecule has 4 rings (SSSR count). The van der Waals surface area contributed by atoms with Crippen LogP contribution >= 0.6 is 0 Å². The summed E-state index contributed by atoms with van der Waals surface area (Å²) < 4.78 is 2.06. The Labute approximate surface area is 158 Å². The van der Waals surface area contributed by atoms with Gasteiger partial charge >= 0.3 is 0 Å². The van der Waals surface area contributed by atoms with Crippen molar-refractivity contribution < 1.29 is 0 Å². The van der Waals surface area contributed by atoms with Gasteiger partial charge in [0.1, 0.15) is 5.65 Å². The summed E-state index contributed by atoms with van der Waals surface area (Å²) in [7, 11) is 6.04. The molecule has 0 aliphatic heterocycles. The fourth-order valence-electron chi connectivity index (χ4n) is 3.48. The van der Waals surface area contributed by atoms with E-state index in [0.717, 1.165) is 39.1 Å². The number of fused-ring (bicyclic) bond motifs is 1. The van der Waals surface area contributed by atoms with Crippen molar-refractivity contribution in [3.63, 3.8) is 0 Å². The molecule has 0 spiro atoms. The lowest BCUT2D eigenvalue weighted by molar-refractivity contribution is 0.957. The molecule has 3 heterocycles. The molecule has 3 aromatic heterocycles. The number of pyridine rings is 2. The number of nitrogens with zero attached hydrogens (tertiary/aromatic N) is 5. The summed E-state index contributed by atoms with van der Waals surface area (Å²) in [4.78, 5) is 10.9. The maximum absolute atomic E-state index is 9.67. The van der Waals surface area contributed by atoms with Gasteiger partial charge < -0.3 is 9.47 Å². The Morgan fingerprint density at radius 3 is 2.41 bits per heavy atom. The highest BCUT2D eigenvalue weighted by atomic mass is 15.1. The third kappa shape index (κ3) is 2.72. The molecule has 0 bridgehead atoms. The molecule has 0 aliphatic carbocycles. The highest BCUT2D eigenvalue weighted by Crippen LogP contribution is 2.41. The zero-order valence-electron chi connectivity index (χ0n) is 15.5. The van der Waals surface area contributed by atoms with Gasteiger partial charge in [0, 0.05) is 61.9 Å². The zero-order chi connectivity index (χ0) is 19.0. The van der Waals surface area contributed by atoms with Gasteiger partial charge in [-0.1, -0.05) is 18.2 Å². The van der Waals surface area contributed by atoms with Gasteiger partial charge in [-0.2, -0.15) is 5.26 Å². The Morgan fingerprint density at radius 1 is 1.00 bits per heavy atom. The largest absolute Gasteiger partial charge is 0.378 e. The summed E-state index contributed by atoms with van der Waals surface area (Å²) in [5.74, 6) is 0. The molecule has 0 saturated heterocycles. The molecule has 0 amide bonds. The van der Waals surface area contributed by atoms with Crippen molar-refractivity contribution in [1.29, 1.82) is 5.26 Å². The van der Waals surface area contributed by atoms with Crippen molar-refractivity contribution in [3.8, 4) is 28.5 Å². The minimum absolute atomic E-state index is 0.616. The first kappa shape index (κ1) is 16.8. The first-order valence-corrected chi connectivity index (χ1v) is 8.67. The number of aromatic nitrogens is 3. The summed E-state index contributed by atoms with van der Waals surface area (Å²) in [6.07, 6.45) is 5.27. The van der Waals surface area contributed by atoms with Crippen LogP contribution < -0.4 is 4.90 Å². The van der Waals surface area contributed by atoms with Crippen molar-refractivity contribution in [3.05, 3.63) is 66.6 Å². The van der Waals surface area contributed by atoms with Crippen LogP contribution in [-0.2, 0) is 7.05 Å². The molecule has 0 saturated carbocycles. The molecule has 0 fully saturated rings. The SMILES string of the molecule is CN(C)c1ccc(-c2c(-c3cccnc3)c3c(C#N)ccnc3n2C)cc1. The van der Waals surface area contributed by atoms with E-state index in [1.807, 2.05) is 39.5 Å². The lowest BCUT2D eigenvalue weighted by Gasteiger charge is -2.14. The minimum Gasteiger partial charge on any atom is -0.378 e. The van der Waals surface area contributed by atoms with Crippen molar-refractivity contribution in [2.75, 3.05) is 19.0 Å². The van der Waals surface area contributed by atoms with E-state index in [9.17, 15) is 5.26 Å². The Bertz CT molecular complexity index is 1150. The fourth-order valence-corrected chi connectivity index (χ4v) is 3.48. The number of hydrogen-bond acceptors (Lipinski definition) is 4. The molecule has 0 aliphatic rings. The molecule has 0 N–H and O–H groups in total. The summed E-state index contributed by atoms with van der Waals surface area (Å²) in [5.41, 5.74) is 6.60. The molecule has 132 valence electrons.